The van der Waals surface area contributed by atoms with E-state index in [1.807, 2.05) is 0 Å². The largest absolute Gasteiger partial charge is 0.465 e. The number of nitrogens with one attached hydrogen (secondary N) is 1. The van der Waals surface area contributed by atoms with E-state index in [2.05, 4.69) is 9.46 Å². The second-order valence-electron chi connectivity index (χ2n) is 4.06. The number of hydrogen-bond acceptors (Lipinski definition) is 6. The Bertz CT molecular complexity index is 810. The molecule has 118 valence electrons. The summed E-state index contributed by atoms with van der Waals surface area (Å²) in [5, 5.41) is 1.60. The molecule has 0 aliphatic heterocycles. The molecule has 1 aromatic carbocycles. The Hall–Kier alpha value is -1.48. The number of rotatable bonds is 4. The molecule has 3 N–H and O–H groups in total. The molecule has 0 fully saturated rings. The molecular formula is C12H10Cl2N2O4S2. The summed E-state index contributed by atoms with van der Waals surface area (Å²) in [6.07, 6.45) is 0. The molecule has 6 nitrogen and oxygen atoms in total. The van der Waals surface area contributed by atoms with Crippen LogP contribution in [0.3, 0.4) is 0 Å². The van der Waals surface area contributed by atoms with Crippen molar-refractivity contribution < 1.29 is 17.9 Å². The number of hydrogen-bond donors (Lipinski definition) is 2. The van der Waals surface area contributed by atoms with Crippen molar-refractivity contribution in [3.63, 3.8) is 0 Å². The highest BCUT2D eigenvalue weighted by Crippen LogP contribution is 2.32. The van der Waals surface area contributed by atoms with E-state index in [0.29, 0.717) is 0 Å². The summed E-state index contributed by atoms with van der Waals surface area (Å²) in [7, 11) is -2.78. The van der Waals surface area contributed by atoms with Crippen molar-refractivity contribution in [3.05, 3.63) is 38.5 Å². The van der Waals surface area contributed by atoms with Gasteiger partial charge in [-0.1, -0.05) is 23.2 Å². The van der Waals surface area contributed by atoms with Crippen LogP contribution < -0.4 is 10.5 Å². The summed E-state index contributed by atoms with van der Waals surface area (Å²) >= 11 is 12.7. The van der Waals surface area contributed by atoms with Crippen molar-refractivity contribution >= 4 is 61.9 Å². The first-order chi connectivity index (χ1) is 10.3. The third-order valence-corrected chi connectivity index (χ3v) is 5.51. The molecule has 0 saturated heterocycles. The van der Waals surface area contributed by atoms with Gasteiger partial charge in [-0.25, -0.2) is 13.2 Å². The van der Waals surface area contributed by atoms with Gasteiger partial charge in [-0.3, -0.25) is 4.72 Å². The molecule has 22 heavy (non-hydrogen) atoms. The lowest BCUT2D eigenvalue weighted by Crippen LogP contribution is -2.15. The van der Waals surface area contributed by atoms with E-state index < -0.39 is 16.0 Å². The van der Waals surface area contributed by atoms with Gasteiger partial charge >= 0.3 is 5.97 Å². The van der Waals surface area contributed by atoms with Crippen LogP contribution in [0.1, 0.15) is 9.67 Å². The van der Waals surface area contributed by atoms with Crippen molar-refractivity contribution in [1.29, 1.82) is 0 Å². The molecule has 0 aliphatic rings. The van der Waals surface area contributed by atoms with E-state index in [4.69, 9.17) is 28.9 Å². The first-order valence-corrected chi connectivity index (χ1v) is 8.81. The second kappa shape index (κ2) is 6.33. The number of nitrogen functional groups attached to an aromatic ring is 1. The van der Waals surface area contributed by atoms with E-state index in [9.17, 15) is 13.2 Å². The van der Waals surface area contributed by atoms with Crippen LogP contribution in [0.4, 0.5) is 11.4 Å². The predicted octanol–water partition coefficient (Wildman–Crippen LogP) is 3.22. The van der Waals surface area contributed by atoms with Crippen LogP contribution in [0.25, 0.3) is 0 Å². The maximum atomic E-state index is 12.4. The zero-order valence-electron chi connectivity index (χ0n) is 11.1. The number of nitrogens with two attached hydrogens (primary N) is 1. The van der Waals surface area contributed by atoms with Crippen molar-refractivity contribution in [3.8, 4) is 0 Å². The zero-order chi connectivity index (χ0) is 16.5. The minimum absolute atomic E-state index is 0.0198. The third-order valence-electron chi connectivity index (χ3n) is 2.64. The lowest BCUT2D eigenvalue weighted by molar-refractivity contribution is 0.0607. The summed E-state index contributed by atoms with van der Waals surface area (Å²) < 4.78 is 31.6. The van der Waals surface area contributed by atoms with Gasteiger partial charge in [-0.2, -0.15) is 0 Å². The molecule has 10 heteroatoms. The molecule has 0 spiro atoms. The number of methoxy groups -OCH3 is 1. The topological polar surface area (TPSA) is 98.5 Å². The molecule has 2 rings (SSSR count). The number of carbonyl (C=O) groups is 1. The molecule has 0 unspecified atom stereocenters. The minimum atomic E-state index is -3.98. The molecule has 0 radical (unpaired) electrons. The molecule has 0 saturated carbocycles. The average Bonchev–Trinajstić information content (AvgIpc) is 2.90. The van der Waals surface area contributed by atoms with Gasteiger partial charge in [0, 0.05) is 0 Å². The van der Waals surface area contributed by atoms with Crippen molar-refractivity contribution in [2.45, 2.75) is 4.90 Å². The Kier molecular flexibility index (Phi) is 4.86. The lowest BCUT2D eigenvalue weighted by atomic mass is 10.3. The number of thiophene rings is 1. The summed E-state index contributed by atoms with van der Waals surface area (Å²) in [6, 6.07) is 3.81. The van der Waals surface area contributed by atoms with Crippen LogP contribution in [0.2, 0.25) is 10.0 Å². The van der Waals surface area contributed by atoms with Crippen LogP contribution in [0.15, 0.2) is 28.5 Å². The first kappa shape index (κ1) is 16.9. The van der Waals surface area contributed by atoms with Crippen LogP contribution in [-0.2, 0) is 14.8 Å². The standard InChI is InChI=1S/C12H10Cl2N2O4S2/c1-20-12(17)11-9(2-3-21-11)16-22(18,19)6-4-7(13)10(15)8(14)5-6/h2-5,16H,15H2,1H3. The van der Waals surface area contributed by atoms with Crippen LogP contribution in [0, 0.1) is 0 Å². The molecule has 1 aromatic heterocycles. The third kappa shape index (κ3) is 3.30. The summed E-state index contributed by atoms with van der Waals surface area (Å²) in [4.78, 5) is 11.5. The van der Waals surface area contributed by atoms with Gasteiger partial charge in [0.25, 0.3) is 10.0 Å². The highest BCUT2D eigenvalue weighted by atomic mass is 35.5. The van der Waals surface area contributed by atoms with E-state index in [-0.39, 0.29) is 31.2 Å². The van der Waals surface area contributed by atoms with Crippen LogP contribution >= 0.6 is 34.5 Å². The Morgan fingerprint density at radius 2 is 1.91 bits per heavy atom. The molecule has 0 aliphatic carbocycles. The molecule has 1 heterocycles. The fourth-order valence-electron chi connectivity index (χ4n) is 1.56. The summed E-state index contributed by atoms with van der Waals surface area (Å²) in [5.41, 5.74) is 5.78. The van der Waals surface area contributed by atoms with Gasteiger partial charge in [0.15, 0.2) is 0 Å². The Labute approximate surface area is 140 Å². The Balaban J connectivity index is 2.41. The predicted molar refractivity (Wildman–Crippen MR) is 87.3 cm³/mol. The number of halogens is 2. The fourth-order valence-corrected chi connectivity index (χ4v) is 4.13. The number of ether oxygens (including phenoxy) is 1. The second-order valence-corrected chi connectivity index (χ2v) is 7.47. The quantitative estimate of drug-likeness (QED) is 0.626. The molecule has 0 bridgehead atoms. The monoisotopic (exact) mass is 380 g/mol. The van der Waals surface area contributed by atoms with Crippen molar-refractivity contribution in [2.24, 2.45) is 0 Å². The fraction of sp³-hybridized carbons (Fsp3) is 0.0833. The van der Waals surface area contributed by atoms with Gasteiger partial charge in [-0.05, 0) is 23.6 Å². The van der Waals surface area contributed by atoms with Crippen molar-refractivity contribution in [2.75, 3.05) is 17.6 Å². The first-order valence-electron chi connectivity index (χ1n) is 5.69. The molecule has 0 atom stereocenters. The van der Waals surface area contributed by atoms with Crippen LogP contribution in [-0.4, -0.2) is 21.5 Å². The Morgan fingerprint density at radius 3 is 2.45 bits per heavy atom. The highest BCUT2D eigenvalue weighted by Gasteiger charge is 2.22. The number of sulfonamides is 1. The van der Waals surface area contributed by atoms with Gasteiger partial charge < -0.3 is 10.5 Å². The van der Waals surface area contributed by atoms with Gasteiger partial charge in [0.1, 0.15) is 4.88 Å². The maximum Gasteiger partial charge on any atom is 0.350 e. The average molecular weight is 381 g/mol. The Morgan fingerprint density at radius 1 is 1.32 bits per heavy atom. The smallest absolute Gasteiger partial charge is 0.350 e. The number of esters is 1. The van der Waals surface area contributed by atoms with Gasteiger partial charge in [0.2, 0.25) is 0 Å². The minimum Gasteiger partial charge on any atom is -0.465 e. The number of benzene rings is 1. The summed E-state index contributed by atoms with van der Waals surface area (Å²) in [5.74, 6) is -0.638. The van der Waals surface area contributed by atoms with Crippen molar-refractivity contribution in [1.82, 2.24) is 0 Å². The number of anilines is 2. The van der Waals surface area contributed by atoms with E-state index in [0.717, 1.165) is 11.3 Å². The van der Waals surface area contributed by atoms with E-state index in [1.165, 1.54) is 25.3 Å². The van der Waals surface area contributed by atoms with E-state index in [1.54, 1.807) is 5.38 Å². The van der Waals surface area contributed by atoms with Crippen LogP contribution in [0.5, 0.6) is 0 Å². The highest BCUT2D eigenvalue weighted by molar-refractivity contribution is 7.92. The van der Waals surface area contributed by atoms with E-state index >= 15 is 0 Å². The lowest BCUT2D eigenvalue weighted by Gasteiger charge is -2.10. The normalized spacial score (nSPS) is 11.2. The van der Waals surface area contributed by atoms with Gasteiger partial charge in [-0.15, -0.1) is 11.3 Å². The number of carbonyl (C=O) groups excluding carboxylic acids is 1. The zero-order valence-corrected chi connectivity index (χ0v) is 14.2. The molecular weight excluding hydrogens is 371 g/mol. The SMILES string of the molecule is COC(=O)c1sccc1NS(=O)(=O)c1cc(Cl)c(N)c(Cl)c1. The van der Waals surface area contributed by atoms with Gasteiger partial charge in [0.05, 0.1) is 33.4 Å². The summed E-state index contributed by atoms with van der Waals surface area (Å²) in [6.45, 7) is 0. The molecule has 0 amide bonds. The molecule has 2 aromatic rings. The maximum absolute atomic E-state index is 12.4.